The molecule has 1 amide bonds. The van der Waals surface area contributed by atoms with E-state index in [1.807, 2.05) is 31.7 Å². The molecule has 0 atom stereocenters. The van der Waals surface area contributed by atoms with Gasteiger partial charge in [0.25, 0.3) is 5.91 Å². The first-order valence-electron chi connectivity index (χ1n) is 8.15. The minimum atomic E-state index is 0.0757. The van der Waals surface area contributed by atoms with Crippen LogP contribution in [0.5, 0.6) is 0 Å². The van der Waals surface area contributed by atoms with Crippen LogP contribution in [0.15, 0.2) is 22.7 Å². The standard InChI is InChI=1S/C18H22ClN3O2/c1-12-10-15(4-5-17(12)19)18(23)22-8-6-21(7-9-22)11-16-13(2)20-24-14(16)3/h4-5,10H,6-9,11H2,1-3H3. The first kappa shape index (κ1) is 17.0. The number of carbonyl (C=O) groups is 1. The van der Waals surface area contributed by atoms with E-state index >= 15 is 0 Å². The normalized spacial score (nSPS) is 15.8. The van der Waals surface area contributed by atoms with Gasteiger partial charge in [-0.1, -0.05) is 16.8 Å². The summed E-state index contributed by atoms with van der Waals surface area (Å²) in [6.07, 6.45) is 0. The van der Waals surface area contributed by atoms with Gasteiger partial charge >= 0.3 is 0 Å². The van der Waals surface area contributed by atoms with Crippen LogP contribution in [0.4, 0.5) is 0 Å². The second kappa shape index (κ2) is 6.95. The summed E-state index contributed by atoms with van der Waals surface area (Å²) in [6, 6.07) is 5.45. The van der Waals surface area contributed by atoms with Crippen molar-refractivity contribution in [3.8, 4) is 0 Å². The highest BCUT2D eigenvalue weighted by atomic mass is 35.5. The molecule has 0 unspecified atom stereocenters. The van der Waals surface area contributed by atoms with Gasteiger partial charge in [0.15, 0.2) is 0 Å². The number of hydrogen-bond acceptors (Lipinski definition) is 4. The van der Waals surface area contributed by atoms with E-state index in [9.17, 15) is 4.79 Å². The lowest BCUT2D eigenvalue weighted by atomic mass is 10.1. The highest BCUT2D eigenvalue weighted by Gasteiger charge is 2.23. The molecular weight excluding hydrogens is 326 g/mol. The molecule has 128 valence electrons. The zero-order valence-electron chi connectivity index (χ0n) is 14.3. The fraction of sp³-hybridized carbons (Fsp3) is 0.444. The van der Waals surface area contributed by atoms with E-state index in [0.717, 1.165) is 55.3 Å². The van der Waals surface area contributed by atoms with Crippen molar-refractivity contribution in [3.05, 3.63) is 51.4 Å². The molecule has 0 bridgehead atoms. The maximum atomic E-state index is 12.6. The predicted octanol–water partition coefficient (Wildman–Crippen LogP) is 3.21. The van der Waals surface area contributed by atoms with E-state index in [1.54, 1.807) is 12.1 Å². The van der Waals surface area contributed by atoms with Crippen LogP contribution >= 0.6 is 11.6 Å². The van der Waals surface area contributed by atoms with E-state index in [4.69, 9.17) is 16.1 Å². The molecule has 1 fully saturated rings. The maximum absolute atomic E-state index is 12.6. The Kier molecular flexibility index (Phi) is 4.92. The second-order valence-corrected chi connectivity index (χ2v) is 6.74. The van der Waals surface area contributed by atoms with Crippen molar-refractivity contribution in [2.45, 2.75) is 27.3 Å². The number of rotatable bonds is 3. The van der Waals surface area contributed by atoms with Gasteiger partial charge in [-0.05, 0) is 44.5 Å². The number of piperazine rings is 1. The SMILES string of the molecule is Cc1cc(C(=O)N2CCN(Cc3c(C)noc3C)CC2)ccc1Cl. The van der Waals surface area contributed by atoms with E-state index in [1.165, 1.54) is 0 Å². The van der Waals surface area contributed by atoms with Crippen LogP contribution < -0.4 is 0 Å². The fourth-order valence-corrected chi connectivity index (χ4v) is 3.14. The molecule has 6 heteroatoms. The van der Waals surface area contributed by atoms with E-state index in [-0.39, 0.29) is 5.91 Å². The topological polar surface area (TPSA) is 49.6 Å². The molecule has 0 N–H and O–H groups in total. The summed E-state index contributed by atoms with van der Waals surface area (Å²) in [5.74, 6) is 0.953. The van der Waals surface area contributed by atoms with Crippen molar-refractivity contribution in [1.29, 1.82) is 0 Å². The molecule has 0 spiro atoms. The van der Waals surface area contributed by atoms with Gasteiger partial charge in [-0.3, -0.25) is 9.69 Å². The van der Waals surface area contributed by atoms with Crippen LogP contribution in [0.2, 0.25) is 5.02 Å². The number of nitrogens with zero attached hydrogens (tertiary/aromatic N) is 3. The molecule has 0 radical (unpaired) electrons. The summed E-state index contributed by atoms with van der Waals surface area (Å²) >= 11 is 6.04. The number of carbonyl (C=O) groups excluding carboxylic acids is 1. The van der Waals surface area contributed by atoms with E-state index in [0.29, 0.717) is 10.6 Å². The summed E-state index contributed by atoms with van der Waals surface area (Å²) < 4.78 is 5.22. The van der Waals surface area contributed by atoms with Crippen molar-refractivity contribution in [3.63, 3.8) is 0 Å². The highest BCUT2D eigenvalue weighted by molar-refractivity contribution is 6.31. The minimum absolute atomic E-state index is 0.0757. The number of aromatic nitrogens is 1. The molecule has 2 aromatic rings. The lowest BCUT2D eigenvalue weighted by molar-refractivity contribution is 0.0627. The lowest BCUT2D eigenvalue weighted by Gasteiger charge is -2.34. The molecule has 3 rings (SSSR count). The van der Waals surface area contributed by atoms with Crippen LogP contribution in [0, 0.1) is 20.8 Å². The Labute approximate surface area is 147 Å². The van der Waals surface area contributed by atoms with E-state index < -0.39 is 0 Å². The monoisotopic (exact) mass is 347 g/mol. The van der Waals surface area contributed by atoms with Crippen LogP contribution in [0.1, 0.15) is 32.9 Å². The Morgan fingerprint density at radius 2 is 1.92 bits per heavy atom. The van der Waals surface area contributed by atoms with Gasteiger partial charge in [0.05, 0.1) is 5.69 Å². The average molecular weight is 348 g/mol. The fourth-order valence-electron chi connectivity index (χ4n) is 3.02. The van der Waals surface area contributed by atoms with Crippen LogP contribution in [-0.2, 0) is 6.54 Å². The molecule has 0 aliphatic carbocycles. The quantitative estimate of drug-likeness (QED) is 0.855. The summed E-state index contributed by atoms with van der Waals surface area (Å²) in [6.45, 7) is 9.80. The van der Waals surface area contributed by atoms with Gasteiger partial charge in [-0.25, -0.2) is 0 Å². The zero-order chi connectivity index (χ0) is 17.3. The third-order valence-corrected chi connectivity index (χ3v) is 5.05. The Bertz CT molecular complexity index is 729. The maximum Gasteiger partial charge on any atom is 0.253 e. The van der Waals surface area contributed by atoms with Gasteiger partial charge in [0.2, 0.25) is 0 Å². The van der Waals surface area contributed by atoms with Crippen molar-refractivity contribution in [2.75, 3.05) is 26.2 Å². The molecule has 5 nitrogen and oxygen atoms in total. The highest BCUT2D eigenvalue weighted by Crippen LogP contribution is 2.19. The summed E-state index contributed by atoms with van der Waals surface area (Å²) in [7, 11) is 0. The number of hydrogen-bond donors (Lipinski definition) is 0. The van der Waals surface area contributed by atoms with Crippen LogP contribution in [0.25, 0.3) is 0 Å². The molecule has 24 heavy (non-hydrogen) atoms. The number of benzene rings is 1. The molecule has 1 aromatic carbocycles. The molecule has 1 aliphatic rings. The minimum Gasteiger partial charge on any atom is -0.361 e. The first-order valence-corrected chi connectivity index (χ1v) is 8.53. The molecular formula is C18H22ClN3O2. The molecule has 1 aromatic heterocycles. The second-order valence-electron chi connectivity index (χ2n) is 6.34. The molecule has 2 heterocycles. The average Bonchev–Trinajstić information content (AvgIpc) is 2.89. The zero-order valence-corrected chi connectivity index (χ0v) is 15.1. The van der Waals surface area contributed by atoms with Crippen molar-refractivity contribution < 1.29 is 9.32 Å². The van der Waals surface area contributed by atoms with Gasteiger partial charge in [-0.2, -0.15) is 0 Å². The molecule has 0 saturated carbocycles. The Morgan fingerprint density at radius 1 is 1.21 bits per heavy atom. The third kappa shape index (κ3) is 3.47. The van der Waals surface area contributed by atoms with Gasteiger partial charge in [0.1, 0.15) is 5.76 Å². The van der Waals surface area contributed by atoms with Crippen molar-refractivity contribution in [2.24, 2.45) is 0 Å². The predicted molar refractivity (Wildman–Crippen MR) is 93.3 cm³/mol. The molecule has 1 aliphatic heterocycles. The number of halogens is 1. The summed E-state index contributed by atoms with van der Waals surface area (Å²) in [4.78, 5) is 16.9. The third-order valence-electron chi connectivity index (χ3n) is 4.63. The largest absolute Gasteiger partial charge is 0.361 e. The smallest absolute Gasteiger partial charge is 0.253 e. The Morgan fingerprint density at radius 3 is 2.50 bits per heavy atom. The summed E-state index contributed by atoms with van der Waals surface area (Å²) in [5, 5.41) is 4.69. The Balaban J connectivity index is 1.60. The van der Waals surface area contributed by atoms with Crippen LogP contribution in [-0.4, -0.2) is 47.0 Å². The lowest BCUT2D eigenvalue weighted by Crippen LogP contribution is -2.48. The number of aryl methyl sites for hydroxylation is 3. The Hall–Kier alpha value is -1.85. The van der Waals surface area contributed by atoms with E-state index in [2.05, 4.69) is 10.1 Å². The van der Waals surface area contributed by atoms with Gasteiger partial charge < -0.3 is 9.42 Å². The number of amides is 1. The van der Waals surface area contributed by atoms with Crippen LogP contribution in [0.3, 0.4) is 0 Å². The first-order chi connectivity index (χ1) is 11.5. The van der Waals surface area contributed by atoms with Gasteiger partial charge in [-0.15, -0.1) is 0 Å². The molecule has 1 saturated heterocycles. The van der Waals surface area contributed by atoms with Crippen molar-refractivity contribution in [1.82, 2.24) is 15.0 Å². The summed E-state index contributed by atoms with van der Waals surface area (Å²) in [5.41, 5.74) is 3.74. The van der Waals surface area contributed by atoms with Gasteiger partial charge in [0, 0.05) is 48.9 Å². The van der Waals surface area contributed by atoms with Crippen molar-refractivity contribution >= 4 is 17.5 Å².